The fourth-order valence-electron chi connectivity index (χ4n) is 1.15. The molecule has 17 heavy (non-hydrogen) atoms. The van der Waals surface area contributed by atoms with Crippen molar-refractivity contribution >= 4 is 5.97 Å². The standard InChI is InChI=1S/C10H18F3NO3/c1-4-14-8(9(15)16-3)5-6-17-7(2)10(11,12)13/h7-8,14H,4-6H2,1-3H3. The first-order valence-corrected chi connectivity index (χ1v) is 5.32. The number of methoxy groups -OCH3 is 1. The van der Waals surface area contributed by atoms with Crippen LogP contribution in [0.2, 0.25) is 0 Å². The molecule has 0 aromatic rings. The lowest BCUT2D eigenvalue weighted by atomic mass is 10.2. The van der Waals surface area contributed by atoms with E-state index in [2.05, 4.69) is 14.8 Å². The van der Waals surface area contributed by atoms with Crippen molar-refractivity contribution < 1.29 is 27.4 Å². The fourth-order valence-corrected chi connectivity index (χ4v) is 1.15. The lowest BCUT2D eigenvalue weighted by Crippen LogP contribution is -2.39. The smallest absolute Gasteiger partial charge is 0.414 e. The molecule has 0 saturated carbocycles. The summed E-state index contributed by atoms with van der Waals surface area (Å²) in [6.45, 7) is 3.08. The van der Waals surface area contributed by atoms with Crippen LogP contribution in [0.1, 0.15) is 20.3 Å². The highest BCUT2D eigenvalue weighted by Crippen LogP contribution is 2.22. The highest BCUT2D eigenvalue weighted by atomic mass is 19.4. The average Bonchev–Trinajstić information content (AvgIpc) is 2.25. The summed E-state index contributed by atoms with van der Waals surface area (Å²) in [4.78, 5) is 11.2. The minimum atomic E-state index is -4.38. The van der Waals surface area contributed by atoms with Crippen LogP contribution in [0.4, 0.5) is 13.2 Å². The van der Waals surface area contributed by atoms with Gasteiger partial charge in [-0.2, -0.15) is 13.2 Å². The highest BCUT2D eigenvalue weighted by Gasteiger charge is 2.36. The van der Waals surface area contributed by atoms with E-state index in [0.29, 0.717) is 6.54 Å². The molecule has 0 amide bonds. The van der Waals surface area contributed by atoms with Gasteiger partial charge in [-0.25, -0.2) is 0 Å². The number of carbonyl (C=O) groups is 1. The lowest BCUT2D eigenvalue weighted by molar-refractivity contribution is -0.214. The largest absolute Gasteiger partial charge is 0.468 e. The number of esters is 1. The maximum Gasteiger partial charge on any atom is 0.414 e. The number of rotatable bonds is 7. The minimum Gasteiger partial charge on any atom is -0.468 e. The van der Waals surface area contributed by atoms with Crippen LogP contribution < -0.4 is 5.32 Å². The molecule has 4 nitrogen and oxygen atoms in total. The van der Waals surface area contributed by atoms with Crippen molar-refractivity contribution in [1.29, 1.82) is 0 Å². The quantitative estimate of drug-likeness (QED) is 0.702. The van der Waals surface area contributed by atoms with Gasteiger partial charge in [0.25, 0.3) is 0 Å². The zero-order valence-corrected chi connectivity index (χ0v) is 10.1. The van der Waals surface area contributed by atoms with E-state index < -0.39 is 24.3 Å². The topological polar surface area (TPSA) is 47.6 Å². The number of likely N-dealkylation sites (N-methyl/N-ethyl adjacent to an activating group) is 1. The van der Waals surface area contributed by atoms with Crippen LogP contribution in [0.15, 0.2) is 0 Å². The monoisotopic (exact) mass is 257 g/mol. The summed E-state index contributed by atoms with van der Waals surface area (Å²) in [5.74, 6) is -0.505. The number of nitrogens with one attached hydrogen (secondary N) is 1. The number of alkyl halides is 3. The normalized spacial score (nSPS) is 15.4. The number of hydrogen-bond acceptors (Lipinski definition) is 4. The van der Waals surface area contributed by atoms with Crippen LogP contribution in [0, 0.1) is 0 Å². The Morgan fingerprint density at radius 3 is 2.41 bits per heavy atom. The Kier molecular flexibility index (Phi) is 7.13. The maximum absolute atomic E-state index is 12.1. The zero-order chi connectivity index (χ0) is 13.5. The van der Waals surface area contributed by atoms with Crippen LogP contribution in [0.5, 0.6) is 0 Å². The third kappa shape index (κ3) is 6.48. The summed E-state index contributed by atoms with van der Waals surface area (Å²) in [6.07, 6.45) is -6.07. The molecule has 0 spiro atoms. The molecular formula is C10H18F3NO3. The van der Waals surface area contributed by atoms with Gasteiger partial charge < -0.3 is 14.8 Å². The summed E-state index contributed by atoms with van der Waals surface area (Å²) < 4.78 is 45.5. The van der Waals surface area contributed by atoms with Gasteiger partial charge in [0.05, 0.1) is 7.11 Å². The molecule has 0 fully saturated rings. The van der Waals surface area contributed by atoms with Gasteiger partial charge >= 0.3 is 12.1 Å². The summed E-state index contributed by atoms with van der Waals surface area (Å²) >= 11 is 0. The first kappa shape index (κ1) is 16.2. The van der Waals surface area contributed by atoms with Crippen LogP contribution in [-0.2, 0) is 14.3 Å². The number of halogens is 3. The van der Waals surface area contributed by atoms with Crippen molar-refractivity contribution in [1.82, 2.24) is 5.32 Å². The summed E-state index contributed by atoms with van der Waals surface area (Å²) in [5, 5.41) is 2.81. The lowest BCUT2D eigenvalue weighted by Gasteiger charge is -2.19. The van der Waals surface area contributed by atoms with E-state index in [-0.39, 0.29) is 13.0 Å². The summed E-state index contributed by atoms with van der Waals surface area (Å²) in [5.41, 5.74) is 0. The molecule has 0 radical (unpaired) electrons. The van der Waals surface area contributed by atoms with E-state index in [4.69, 9.17) is 0 Å². The number of hydrogen-bond donors (Lipinski definition) is 1. The Labute approximate surface area is 98.5 Å². The Morgan fingerprint density at radius 2 is 2.00 bits per heavy atom. The third-order valence-corrected chi connectivity index (χ3v) is 2.17. The number of carbonyl (C=O) groups excluding carboxylic acids is 1. The Bertz CT molecular complexity index is 233. The molecule has 0 bridgehead atoms. The Morgan fingerprint density at radius 1 is 1.41 bits per heavy atom. The van der Waals surface area contributed by atoms with Gasteiger partial charge in [-0.05, 0) is 19.9 Å². The predicted octanol–water partition coefficient (Wildman–Crippen LogP) is 1.49. The van der Waals surface area contributed by atoms with Crippen LogP contribution in [-0.4, -0.2) is 44.6 Å². The van der Waals surface area contributed by atoms with Crippen molar-refractivity contribution in [2.75, 3.05) is 20.3 Å². The van der Waals surface area contributed by atoms with E-state index in [1.807, 2.05) is 0 Å². The molecule has 0 aliphatic rings. The van der Waals surface area contributed by atoms with Crippen molar-refractivity contribution in [3.63, 3.8) is 0 Å². The molecular weight excluding hydrogens is 239 g/mol. The molecule has 0 aromatic carbocycles. The first-order valence-electron chi connectivity index (χ1n) is 5.32. The molecule has 0 aromatic heterocycles. The van der Waals surface area contributed by atoms with Gasteiger partial charge in [-0.1, -0.05) is 6.92 Å². The van der Waals surface area contributed by atoms with E-state index in [0.717, 1.165) is 6.92 Å². The van der Waals surface area contributed by atoms with Gasteiger partial charge in [0, 0.05) is 6.61 Å². The second kappa shape index (κ2) is 7.50. The molecule has 2 atom stereocenters. The van der Waals surface area contributed by atoms with Crippen LogP contribution >= 0.6 is 0 Å². The van der Waals surface area contributed by atoms with Crippen LogP contribution in [0.25, 0.3) is 0 Å². The molecule has 0 heterocycles. The Balaban J connectivity index is 4.02. The minimum absolute atomic E-state index is 0.140. The van der Waals surface area contributed by atoms with Gasteiger partial charge in [0.15, 0.2) is 6.10 Å². The SMILES string of the molecule is CCNC(CCOC(C)C(F)(F)F)C(=O)OC. The number of ether oxygens (including phenoxy) is 2. The van der Waals surface area contributed by atoms with Crippen molar-refractivity contribution in [2.24, 2.45) is 0 Å². The molecule has 0 saturated heterocycles. The summed E-state index contributed by atoms with van der Waals surface area (Å²) in [6, 6.07) is -0.634. The molecule has 0 aliphatic carbocycles. The van der Waals surface area contributed by atoms with Crippen molar-refractivity contribution in [3.05, 3.63) is 0 Å². The predicted molar refractivity (Wildman–Crippen MR) is 55.6 cm³/mol. The molecule has 2 unspecified atom stereocenters. The molecule has 1 N–H and O–H groups in total. The molecule has 0 aliphatic heterocycles. The first-order chi connectivity index (χ1) is 7.82. The second-order valence-electron chi connectivity index (χ2n) is 3.48. The molecule has 102 valence electrons. The van der Waals surface area contributed by atoms with E-state index >= 15 is 0 Å². The van der Waals surface area contributed by atoms with Gasteiger partial charge in [0.2, 0.25) is 0 Å². The van der Waals surface area contributed by atoms with Gasteiger partial charge in [-0.3, -0.25) is 4.79 Å². The fraction of sp³-hybridized carbons (Fsp3) is 0.900. The summed E-state index contributed by atoms with van der Waals surface area (Å²) in [7, 11) is 1.23. The van der Waals surface area contributed by atoms with E-state index in [1.165, 1.54) is 7.11 Å². The zero-order valence-electron chi connectivity index (χ0n) is 10.1. The highest BCUT2D eigenvalue weighted by molar-refractivity contribution is 5.75. The maximum atomic E-state index is 12.1. The Hall–Kier alpha value is -0.820. The van der Waals surface area contributed by atoms with Gasteiger partial charge in [-0.15, -0.1) is 0 Å². The third-order valence-electron chi connectivity index (χ3n) is 2.17. The van der Waals surface area contributed by atoms with Gasteiger partial charge in [0.1, 0.15) is 6.04 Å². The molecule has 7 heteroatoms. The second-order valence-corrected chi connectivity index (χ2v) is 3.48. The van der Waals surface area contributed by atoms with Crippen molar-refractivity contribution in [2.45, 2.75) is 38.6 Å². The van der Waals surface area contributed by atoms with E-state index in [1.54, 1.807) is 6.92 Å². The van der Waals surface area contributed by atoms with E-state index in [9.17, 15) is 18.0 Å². The van der Waals surface area contributed by atoms with Crippen LogP contribution in [0.3, 0.4) is 0 Å². The molecule has 0 rings (SSSR count). The average molecular weight is 257 g/mol. The van der Waals surface area contributed by atoms with Crippen molar-refractivity contribution in [3.8, 4) is 0 Å².